The molecule has 0 amide bonds. The summed E-state index contributed by atoms with van der Waals surface area (Å²) >= 11 is 0. The van der Waals surface area contributed by atoms with Crippen LogP contribution in [0.25, 0.3) is 0 Å². The fourth-order valence-electron chi connectivity index (χ4n) is 10.2. The van der Waals surface area contributed by atoms with E-state index in [-0.39, 0.29) is 25.7 Å². The standard InChI is InChI=1S/C87H142O17P2/c1-5-9-13-17-21-25-29-33-36-38-40-42-45-49-52-56-60-64-68-72-85(90)98-78-83(104-87(92)74-70-66-62-58-54-50-46-43-41-39-37-34-30-26-22-18-14-10-6-2)80-102-106(95,96)100-76-81(88)75-99-105(93,94)101-79-82(103-86(91)73-69-65-61-57-53-47-32-28-24-20-16-12-8-4)77-97-84(89)71-67-63-59-55-51-48-44-35-31-27-23-19-15-11-7-3/h9-11,13-15,21-23,25-27,33-37,40-44,49-50,52,54,60,64,81-83,88H,5-8,12,16-20,24,28-32,38-39,45-48,51,53,55-59,61-63,65-80H2,1-4H3,(H,93,94)(H,95,96)/b13-9-,14-10-,15-11-,25-21-,26-22-,27-23-,36-33-,37-34-,42-40-,43-41-,44-35-,52-49-,54-50-,64-60-. The lowest BCUT2D eigenvalue weighted by Gasteiger charge is -2.21. The minimum Gasteiger partial charge on any atom is -0.462 e. The number of carbonyl (C=O) groups is 4. The van der Waals surface area contributed by atoms with E-state index < -0.39 is 97.5 Å². The second kappa shape index (κ2) is 77.6. The van der Waals surface area contributed by atoms with E-state index >= 15 is 0 Å². The highest BCUT2D eigenvalue weighted by atomic mass is 31.2. The minimum atomic E-state index is -5.01. The second-order valence-corrected chi connectivity index (χ2v) is 29.1. The lowest BCUT2D eigenvalue weighted by atomic mass is 10.0. The Morgan fingerprint density at radius 1 is 0.274 bits per heavy atom. The van der Waals surface area contributed by atoms with Crippen molar-refractivity contribution < 1.29 is 80.2 Å². The van der Waals surface area contributed by atoms with Gasteiger partial charge < -0.3 is 33.8 Å². The summed E-state index contributed by atoms with van der Waals surface area (Å²) in [6.07, 6.45) is 92.0. The number of rotatable bonds is 74. The van der Waals surface area contributed by atoms with Gasteiger partial charge in [0.1, 0.15) is 19.3 Å². The maximum absolute atomic E-state index is 13.1. The Balaban J connectivity index is 5.49. The van der Waals surface area contributed by atoms with E-state index in [2.05, 4.69) is 180 Å². The van der Waals surface area contributed by atoms with Crippen LogP contribution in [0, 0.1) is 0 Å². The third-order valence-corrected chi connectivity index (χ3v) is 18.1. The fraction of sp³-hybridized carbons (Fsp3) is 0.632. The molecule has 106 heavy (non-hydrogen) atoms. The first-order valence-corrected chi connectivity index (χ1v) is 43.4. The van der Waals surface area contributed by atoms with Crippen molar-refractivity contribution in [2.45, 2.75) is 316 Å². The molecule has 0 aliphatic heterocycles. The van der Waals surface area contributed by atoms with Gasteiger partial charge in [0.05, 0.1) is 26.4 Å². The number of carbonyl (C=O) groups excluding carboxylic acids is 4. The summed E-state index contributed by atoms with van der Waals surface area (Å²) in [6.45, 7) is 4.39. The molecule has 0 aromatic heterocycles. The molecular weight excluding hydrogens is 1380 g/mol. The topological polar surface area (TPSA) is 237 Å². The first-order chi connectivity index (χ1) is 51.7. The number of esters is 4. The lowest BCUT2D eigenvalue weighted by molar-refractivity contribution is -0.161. The zero-order valence-corrected chi connectivity index (χ0v) is 67.6. The SMILES string of the molecule is CC/C=C\C/C=C\C/C=C\C/C=C\C/C=C\C/C=C\CCC(=O)OCC(COP(=O)(O)OCC(O)COP(=O)(O)OCC(COC(=O)CCCCCCC/C=C\C/C=C\C/C=C\CC)OC(=O)CCCCCCCCCCCCCCC)OC(=O)CCCCC/C=C\C/C=C\C/C=C\C/C=C\C/C=C\CC. The molecule has 0 heterocycles. The van der Waals surface area contributed by atoms with Crippen LogP contribution in [0.4, 0.5) is 0 Å². The number of phosphoric ester groups is 2. The number of phosphoric acid groups is 2. The van der Waals surface area contributed by atoms with Gasteiger partial charge in [0.25, 0.3) is 0 Å². The summed E-state index contributed by atoms with van der Waals surface area (Å²) in [5.41, 5.74) is 0. The van der Waals surface area contributed by atoms with Crippen LogP contribution in [-0.2, 0) is 65.4 Å². The molecule has 0 radical (unpaired) electrons. The Kier molecular flexibility index (Phi) is 73.5. The molecule has 602 valence electrons. The molecule has 19 heteroatoms. The third-order valence-electron chi connectivity index (χ3n) is 16.2. The van der Waals surface area contributed by atoms with Crippen LogP contribution < -0.4 is 0 Å². The quantitative estimate of drug-likeness (QED) is 0.0169. The van der Waals surface area contributed by atoms with Gasteiger partial charge in [-0.1, -0.05) is 301 Å². The number of unbranched alkanes of at least 4 members (excludes halogenated alkanes) is 20. The minimum absolute atomic E-state index is 0.0223. The van der Waals surface area contributed by atoms with Gasteiger partial charge in [-0.25, -0.2) is 9.13 Å². The van der Waals surface area contributed by atoms with E-state index in [0.717, 1.165) is 161 Å². The Bertz CT molecular complexity index is 2680. The van der Waals surface area contributed by atoms with Gasteiger partial charge in [-0.05, 0) is 141 Å². The van der Waals surface area contributed by atoms with Crippen molar-refractivity contribution in [3.05, 3.63) is 170 Å². The van der Waals surface area contributed by atoms with Gasteiger partial charge in [-0.15, -0.1) is 0 Å². The largest absolute Gasteiger partial charge is 0.472 e. The number of hydrogen-bond donors (Lipinski definition) is 3. The monoisotopic (exact) mass is 1520 g/mol. The van der Waals surface area contributed by atoms with E-state index in [4.69, 9.17) is 37.0 Å². The highest BCUT2D eigenvalue weighted by molar-refractivity contribution is 7.47. The third kappa shape index (κ3) is 76.6. The molecule has 0 aliphatic rings. The Morgan fingerprint density at radius 3 is 0.821 bits per heavy atom. The number of aliphatic hydroxyl groups is 1. The van der Waals surface area contributed by atoms with E-state index in [1.165, 1.54) is 51.4 Å². The molecule has 0 rings (SSSR count). The van der Waals surface area contributed by atoms with Crippen molar-refractivity contribution in [1.29, 1.82) is 0 Å². The molecule has 17 nitrogen and oxygen atoms in total. The van der Waals surface area contributed by atoms with Crippen LogP contribution in [0.3, 0.4) is 0 Å². The van der Waals surface area contributed by atoms with Crippen molar-refractivity contribution in [2.24, 2.45) is 0 Å². The van der Waals surface area contributed by atoms with Crippen molar-refractivity contribution in [3.63, 3.8) is 0 Å². The molecule has 0 aromatic carbocycles. The van der Waals surface area contributed by atoms with E-state index in [0.29, 0.717) is 32.1 Å². The van der Waals surface area contributed by atoms with Crippen LogP contribution in [-0.4, -0.2) is 96.7 Å². The molecule has 0 saturated carbocycles. The number of ether oxygens (including phenoxy) is 4. The van der Waals surface area contributed by atoms with Crippen LogP contribution in [0.2, 0.25) is 0 Å². The van der Waals surface area contributed by atoms with Crippen LogP contribution in [0.5, 0.6) is 0 Å². The molecule has 5 unspecified atom stereocenters. The van der Waals surface area contributed by atoms with Gasteiger partial charge in [-0.2, -0.15) is 0 Å². The maximum Gasteiger partial charge on any atom is 0.472 e. The molecular formula is C87H142O17P2. The summed E-state index contributed by atoms with van der Waals surface area (Å²) in [4.78, 5) is 73.0. The average Bonchev–Trinajstić information content (AvgIpc) is 0.903. The molecule has 5 atom stereocenters. The summed E-state index contributed by atoms with van der Waals surface area (Å²) in [6, 6.07) is 0. The Morgan fingerprint density at radius 2 is 0.509 bits per heavy atom. The molecule has 0 aromatic rings. The zero-order chi connectivity index (χ0) is 77.4. The van der Waals surface area contributed by atoms with Crippen molar-refractivity contribution in [2.75, 3.05) is 39.6 Å². The van der Waals surface area contributed by atoms with E-state index in [1.54, 1.807) is 0 Å². The summed E-state index contributed by atoms with van der Waals surface area (Å²) in [5.74, 6) is -2.33. The van der Waals surface area contributed by atoms with Crippen LogP contribution in [0.15, 0.2) is 170 Å². The van der Waals surface area contributed by atoms with Crippen LogP contribution >= 0.6 is 15.6 Å². The zero-order valence-electron chi connectivity index (χ0n) is 65.8. The van der Waals surface area contributed by atoms with Gasteiger partial charge in [0, 0.05) is 25.7 Å². The first kappa shape index (κ1) is 100. The summed E-state index contributed by atoms with van der Waals surface area (Å²) < 4.78 is 68.5. The predicted octanol–water partition coefficient (Wildman–Crippen LogP) is 23.8. The van der Waals surface area contributed by atoms with Crippen molar-refractivity contribution >= 4 is 39.5 Å². The number of hydrogen-bond acceptors (Lipinski definition) is 15. The van der Waals surface area contributed by atoms with Gasteiger partial charge in [0.2, 0.25) is 0 Å². The average molecular weight is 1520 g/mol. The summed E-state index contributed by atoms with van der Waals surface area (Å²) in [5, 5.41) is 10.6. The van der Waals surface area contributed by atoms with Gasteiger partial charge in [-0.3, -0.25) is 37.3 Å². The Hall–Kier alpha value is -5.58. The maximum atomic E-state index is 13.1. The van der Waals surface area contributed by atoms with Crippen LogP contribution in [0.1, 0.15) is 297 Å². The fourth-order valence-corrected chi connectivity index (χ4v) is 11.7. The molecule has 0 bridgehead atoms. The normalized spacial score (nSPS) is 14.7. The van der Waals surface area contributed by atoms with E-state index in [1.807, 2.05) is 18.2 Å². The van der Waals surface area contributed by atoms with Crippen molar-refractivity contribution in [1.82, 2.24) is 0 Å². The predicted molar refractivity (Wildman–Crippen MR) is 436 cm³/mol. The molecule has 3 N–H and O–H groups in total. The summed E-state index contributed by atoms with van der Waals surface area (Å²) in [7, 11) is -10.0. The van der Waals surface area contributed by atoms with E-state index in [9.17, 15) is 43.2 Å². The number of aliphatic hydroxyl groups excluding tert-OH is 1. The molecule has 0 spiro atoms. The van der Waals surface area contributed by atoms with Gasteiger partial charge in [0.15, 0.2) is 12.2 Å². The van der Waals surface area contributed by atoms with Gasteiger partial charge >= 0.3 is 39.5 Å². The Labute approximate surface area is 642 Å². The molecule has 0 fully saturated rings. The number of allylic oxidation sites excluding steroid dienone is 28. The highest BCUT2D eigenvalue weighted by Gasteiger charge is 2.30. The van der Waals surface area contributed by atoms with Crippen molar-refractivity contribution in [3.8, 4) is 0 Å². The highest BCUT2D eigenvalue weighted by Crippen LogP contribution is 2.45. The molecule has 0 saturated heterocycles. The smallest absolute Gasteiger partial charge is 0.462 e. The lowest BCUT2D eigenvalue weighted by Crippen LogP contribution is -2.30. The second-order valence-electron chi connectivity index (χ2n) is 26.2. The molecule has 0 aliphatic carbocycles. The first-order valence-electron chi connectivity index (χ1n) is 40.4.